The highest BCUT2D eigenvalue weighted by molar-refractivity contribution is 5.55. The number of rotatable bonds is 5. The van der Waals surface area contributed by atoms with Gasteiger partial charge in [0.2, 0.25) is 5.89 Å². The summed E-state index contributed by atoms with van der Waals surface area (Å²) >= 11 is 0. The standard InChI is InChI=1S/C20H27N3O2/c1-16(20-21-14-19(25-20)17-6-3-2-4-7-17)23-11-9-22(10-12-23)15-18-8-5-13-24-18/h2-4,6-7,14,16,18H,5,8-13,15H2,1H3. The molecule has 2 aromatic rings. The van der Waals surface area contributed by atoms with Crippen LogP contribution in [0.2, 0.25) is 0 Å². The molecule has 0 saturated carbocycles. The lowest BCUT2D eigenvalue weighted by Gasteiger charge is -2.37. The van der Waals surface area contributed by atoms with Crippen LogP contribution in [0.3, 0.4) is 0 Å². The Kier molecular flexibility index (Phi) is 5.15. The predicted molar refractivity (Wildman–Crippen MR) is 97.3 cm³/mol. The van der Waals surface area contributed by atoms with Gasteiger partial charge in [0.05, 0.1) is 18.3 Å². The third kappa shape index (κ3) is 3.94. The van der Waals surface area contributed by atoms with Gasteiger partial charge in [-0.3, -0.25) is 9.80 Å². The number of hydrogen-bond donors (Lipinski definition) is 0. The van der Waals surface area contributed by atoms with E-state index >= 15 is 0 Å². The maximum absolute atomic E-state index is 6.03. The fourth-order valence-electron chi connectivity index (χ4n) is 3.78. The lowest BCUT2D eigenvalue weighted by atomic mass is 10.2. The Morgan fingerprint density at radius 3 is 2.68 bits per heavy atom. The molecule has 0 bridgehead atoms. The summed E-state index contributed by atoms with van der Waals surface area (Å²) in [5.41, 5.74) is 1.08. The number of piperazine rings is 1. The van der Waals surface area contributed by atoms with Crippen molar-refractivity contribution in [2.75, 3.05) is 39.3 Å². The fourth-order valence-corrected chi connectivity index (χ4v) is 3.78. The molecular weight excluding hydrogens is 314 g/mol. The second-order valence-corrected chi connectivity index (χ2v) is 7.08. The van der Waals surface area contributed by atoms with Crippen LogP contribution in [0.25, 0.3) is 11.3 Å². The molecule has 1 aromatic carbocycles. The summed E-state index contributed by atoms with van der Waals surface area (Å²) in [7, 11) is 0. The van der Waals surface area contributed by atoms with Crippen LogP contribution in [0, 0.1) is 0 Å². The highest BCUT2D eigenvalue weighted by Gasteiger charge is 2.27. The van der Waals surface area contributed by atoms with E-state index in [1.54, 1.807) is 0 Å². The highest BCUT2D eigenvalue weighted by Crippen LogP contribution is 2.26. The number of benzene rings is 1. The molecular formula is C20H27N3O2. The van der Waals surface area contributed by atoms with Gasteiger partial charge < -0.3 is 9.15 Å². The molecule has 4 rings (SSSR count). The Hall–Kier alpha value is -1.69. The number of aromatic nitrogens is 1. The summed E-state index contributed by atoms with van der Waals surface area (Å²) < 4.78 is 11.8. The van der Waals surface area contributed by atoms with E-state index in [0.717, 1.165) is 56.5 Å². The van der Waals surface area contributed by atoms with Crippen molar-refractivity contribution in [2.24, 2.45) is 0 Å². The van der Waals surface area contributed by atoms with Crippen LogP contribution in [0.15, 0.2) is 40.9 Å². The van der Waals surface area contributed by atoms with E-state index in [-0.39, 0.29) is 6.04 Å². The topological polar surface area (TPSA) is 41.7 Å². The number of nitrogens with zero attached hydrogens (tertiary/aromatic N) is 3. The van der Waals surface area contributed by atoms with Crippen LogP contribution in [-0.2, 0) is 4.74 Å². The summed E-state index contributed by atoms with van der Waals surface area (Å²) in [6.45, 7) is 8.51. The van der Waals surface area contributed by atoms with Crippen LogP contribution in [0.4, 0.5) is 0 Å². The van der Waals surface area contributed by atoms with E-state index in [1.807, 2.05) is 24.4 Å². The Bertz CT molecular complexity index is 659. The molecule has 2 atom stereocenters. The van der Waals surface area contributed by atoms with Crippen molar-refractivity contribution in [1.29, 1.82) is 0 Å². The van der Waals surface area contributed by atoms with Crippen molar-refractivity contribution in [3.63, 3.8) is 0 Å². The van der Waals surface area contributed by atoms with E-state index in [4.69, 9.17) is 9.15 Å². The predicted octanol–water partition coefficient (Wildman–Crippen LogP) is 3.20. The Labute approximate surface area is 149 Å². The first-order valence-electron chi connectivity index (χ1n) is 9.39. The van der Waals surface area contributed by atoms with Crippen LogP contribution >= 0.6 is 0 Å². The van der Waals surface area contributed by atoms with Crippen LogP contribution < -0.4 is 0 Å². The molecule has 5 nitrogen and oxygen atoms in total. The first-order chi connectivity index (χ1) is 12.3. The highest BCUT2D eigenvalue weighted by atomic mass is 16.5. The molecule has 134 valence electrons. The zero-order valence-electron chi connectivity index (χ0n) is 14.9. The fraction of sp³-hybridized carbons (Fsp3) is 0.550. The molecule has 5 heteroatoms. The van der Waals surface area contributed by atoms with E-state index in [9.17, 15) is 0 Å². The van der Waals surface area contributed by atoms with Crippen molar-refractivity contribution >= 4 is 0 Å². The summed E-state index contributed by atoms with van der Waals surface area (Å²) in [6.07, 6.45) is 4.73. The van der Waals surface area contributed by atoms with Gasteiger partial charge in [0, 0.05) is 44.9 Å². The van der Waals surface area contributed by atoms with Crippen molar-refractivity contribution in [2.45, 2.75) is 31.9 Å². The van der Waals surface area contributed by atoms with Crippen molar-refractivity contribution < 1.29 is 9.15 Å². The van der Waals surface area contributed by atoms with Gasteiger partial charge in [-0.05, 0) is 19.8 Å². The minimum absolute atomic E-state index is 0.211. The summed E-state index contributed by atoms with van der Waals surface area (Å²) in [4.78, 5) is 9.52. The van der Waals surface area contributed by atoms with E-state index < -0.39 is 0 Å². The third-order valence-electron chi connectivity index (χ3n) is 5.38. The first-order valence-corrected chi connectivity index (χ1v) is 9.39. The number of hydrogen-bond acceptors (Lipinski definition) is 5. The van der Waals surface area contributed by atoms with Crippen LogP contribution in [-0.4, -0.2) is 60.2 Å². The normalized spacial score (nSPS) is 23.8. The number of oxazole rings is 1. The quantitative estimate of drug-likeness (QED) is 0.835. The molecule has 2 fully saturated rings. The van der Waals surface area contributed by atoms with Gasteiger partial charge in [-0.15, -0.1) is 0 Å². The van der Waals surface area contributed by atoms with Gasteiger partial charge in [-0.25, -0.2) is 4.98 Å². The lowest BCUT2D eigenvalue weighted by Crippen LogP contribution is -2.49. The minimum Gasteiger partial charge on any atom is -0.439 e. The molecule has 0 N–H and O–H groups in total. The molecule has 2 unspecified atom stereocenters. The van der Waals surface area contributed by atoms with Gasteiger partial charge >= 0.3 is 0 Å². The molecule has 25 heavy (non-hydrogen) atoms. The van der Waals surface area contributed by atoms with E-state index in [1.165, 1.54) is 12.8 Å². The molecule has 0 amide bonds. The minimum atomic E-state index is 0.211. The monoisotopic (exact) mass is 341 g/mol. The lowest BCUT2D eigenvalue weighted by molar-refractivity contribution is 0.0388. The zero-order chi connectivity index (χ0) is 17.1. The Morgan fingerprint density at radius 1 is 1.16 bits per heavy atom. The molecule has 1 aromatic heterocycles. The Balaban J connectivity index is 1.33. The molecule has 0 radical (unpaired) electrons. The largest absolute Gasteiger partial charge is 0.439 e. The maximum Gasteiger partial charge on any atom is 0.211 e. The average molecular weight is 341 g/mol. The third-order valence-corrected chi connectivity index (χ3v) is 5.38. The summed E-state index contributed by atoms with van der Waals surface area (Å²) in [5, 5.41) is 0. The second kappa shape index (κ2) is 7.68. The smallest absolute Gasteiger partial charge is 0.211 e. The van der Waals surface area contributed by atoms with Crippen molar-refractivity contribution in [3.8, 4) is 11.3 Å². The average Bonchev–Trinajstić information content (AvgIpc) is 3.34. The molecule has 2 saturated heterocycles. The van der Waals surface area contributed by atoms with Gasteiger partial charge in [0.15, 0.2) is 5.76 Å². The molecule has 0 aliphatic carbocycles. The molecule has 0 spiro atoms. The van der Waals surface area contributed by atoms with Gasteiger partial charge in [0.25, 0.3) is 0 Å². The molecule has 2 aliphatic heterocycles. The first kappa shape index (κ1) is 16.8. The summed E-state index contributed by atoms with van der Waals surface area (Å²) in [6, 6.07) is 10.4. The Morgan fingerprint density at radius 2 is 1.96 bits per heavy atom. The second-order valence-electron chi connectivity index (χ2n) is 7.08. The van der Waals surface area contributed by atoms with Crippen LogP contribution in [0.5, 0.6) is 0 Å². The zero-order valence-corrected chi connectivity index (χ0v) is 14.9. The molecule has 2 aliphatic rings. The van der Waals surface area contributed by atoms with Crippen molar-refractivity contribution in [1.82, 2.24) is 14.8 Å². The maximum atomic E-state index is 6.03. The van der Waals surface area contributed by atoms with Crippen molar-refractivity contribution in [3.05, 3.63) is 42.4 Å². The van der Waals surface area contributed by atoms with Gasteiger partial charge in [0.1, 0.15) is 0 Å². The molecule has 3 heterocycles. The van der Waals surface area contributed by atoms with Gasteiger partial charge in [-0.1, -0.05) is 30.3 Å². The van der Waals surface area contributed by atoms with E-state index in [0.29, 0.717) is 6.10 Å². The summed E-state index contributed by atoms with van der Waals surface area (Å²) in [5.74, 6) is 1.66. The SMILES string of the molecule is CC(c1ncc(-c2ccccc2)o1)N1CCN(CC2CCCO2)CC1. The van der Waals surface area contributed by atoms with Gasteiger partial charge in [-0.2, -0.15) is 0 Å². The van der Waals surface area contributed by atoms with Crippen LogP contribution in [0.1, 0.15) is 31.7 Å². The number of ether oxygens (including phenoxy) is 1. The van der Waals surface area contributed by atoms with E-state index in [2.05, 4.69) is 33.8 Å².